The van der Waals surface area contributed by atoms with Gasteiger partial charge in [0.05, 0.1) is 6.61 Å². The predicted octanol–water partition coefficient (Wildman–Crippen LogP) is 4.32. The summed E-state index contributed by atoms with van der Waals surface area (Å²) in [6.07, 6.45) is 2.97. The smallest absolute Gasteiger partial charge is 0.387 e. The van der Waals surface area contributed by atoms with E-state index in [1.165, 1.54) is 12.1 Å². The molecule has 0 unspecified atom stereocenters. The Morgan fingerprint density at radius 3 is 2.65 bits per heavy atom. The Kier molecular flexibility index (Phi) is 7.14. The van der Waals surface area contributed by atoms with E-state index in [2.05, 4.69) is 10.1 Å². The second-order valence-electron chi connectivity index (χ2n) is 5.50. The second kappa shape index (κ2) is 9.56. The molecule has 1 N–H and O–H groups in total. The number of hydrogen-bond donors (Lipinski definition) is 1. The van der Waals surface area contributed by atoms with E-state index in [0.29, 0.717) is 18.7 Å². The minimum Gasteiger partial charge on any atom is -0.490 e. The molecule has 1 amide bonds. The molecule has 138 valence electrons. The third-order valence-corrected chi connectivity index (χ3v) is 3.63. The Balaban J connectivity index is 2.01. The van der Waals surface area contributed by atoms with Crippen molar-refractivity contribution in [1.29, 1.82) is 0 Å². The van der Waals surface area contributed by atoms with Gasteiger partial charge in [0, 0.05) is 12.6 Å². The number of aryl methyl sites for hydroxylation is 1. The van der Waals surface area contributed by atoms with Crippen molar-refractivity contribution >= 4 is 12.0 Å². The zero-order valence-electron chi connectivity index (χ0n) is 14.7. The second-order valence-corrected chi connectivity index (χ2v) is 5.50. The highest BCUT2D eigenvalue weighted by Gasteiger charge is 2.11. The number of halogens is 2. The Bertz CT molecular complexity index is 775. The lowest BCUT2D eigenvalue weighted by atomic mass is 10.1. The number of carbonyl (C=O) groups is 1. The molecular weight excluding hydrogens is 340 g/mol. The molecule has 0 aliphatic carbocycles. The van der Waals surface area contributed by atoms with E-state index in [-0.39, 0.29) is 17.4 Å². The molecule has 26 heavy (non-hydrogen) atoms. The standard InChI is InChI=1S/C20H21F2NO3/c1-3-25-18-12-15(8-10-17(18)26-20(21)22)9-11-19(24)23-13-16-7-5-4-6-14(16)2/h4-12,20H,3,13H2,1-2H3,(H,23,24)/b11-9+. The highest BCUT2D eigenvalue weighted by molar-refractivity contribution is 5.91. The number of amides is 1. The summed E-state index contributed by atoms with van der Waals surface area (Å²) in [4.78, 5) is 12.0. The van der Waals surface area contributed by atoms with Crippen LogP contribution in [0, 0.1) is 6.92 Å². The SMILES string of the molecule is CCOc1cc(/C=C/C(=O)NCc2ccccc2C)ccc1OC(F)F. The van der Waals surface area contributed by atoms with Gasteiger partial charge in [-0.05, 0) is 48.7 Å². The average Bonchev–Trinajstić information content (AvgIpc) is 2.61. The van der Waals surface area contributed by atoms with E-state index >= 15 is 0 Å². The van der Waals surface area contributed by atoms with Crippen LogP contribution < -0.4 is 14.8 Å². The highest BCUT2D eigenvalue weighted by atomic mass is 19.3. The lowest BCUT2D eigenvalue weighted by Crippen LogP contribution is -2.20. The Morgan fingerprint density at radius 2 is 1.96 bits per heavy atom. The summed E-state index contributed by atoms with van der Waals surface area (Å²) >= 11 is 0. The fraction of sp³-hybridized carbons (Fsp3) is 0.250. The van der Waals surface area contributed by atoms with Gasteiger partial charge in [0.1, 0.15) is 0 Å². The van der Waals surface area contributed by atoms with Crippen LogP contribution in [0.3, 0.4) is 0 Å². The predicted molar refractivity (Wildman–Crippen MR) is 96.3 cm³/mol. The van der Waals surface area contributed by atoms with E-state index in [4.69, 9.17) is 4.74 Å². The van der Waals surface area contributed by atoms with Crippen molar-refractivity contribution in [2.75, 3.05) is 6.61 Å². The summed E-state index contributed by atoms with van der Waals surface area (Å²) in [6, 6.07) is 12.3. The fourth-order valence-electron chi connectivity index (χ4n) is 2.31. The largest absolute Gasteiger partial charge is 0.490 e. The van der Waals surface area contributed by atoms with Gasteiger partial charge in [-0.3, -0.25) is 4.79 Å². The first kappa shape index (κ1) is 19.4. The monoisotopic (exact) mass is 361 g/mol. The van der Waals surface area contributed by atoms with Gasteiger partial charge in [0.15, 0.2) is 11.5 Å². The molecule has 0 aliphatic rings. The van der Waals surface area contributed by atoms with Gasteiger partial charge in [-0.2, -0.15) is 8.78 Å². The molecule has 0 spiro atoms. The van der Waals surface area contributed by atoms with Gasteiger partial charge in [0.2, 0.25) is 5.91 Å². The van der Waals surface area contributed by atoms with E-state index in [0.717, 1.165) is 11.1 Å². The molecule has 0 radical (unpaired) electrons. The van der Waals surface area contributed by atoms with Crippen molar-refractivity contribution in [2.24, 2.45) is 0 Å². The van der Waals surface area contributed by atoms with Gasteiger partial charge in [-0.25, -0.2) is 0 Å². The number of nitrogens with one attached hydrogen (secondary N) is 1. The van der Waals surface area contributed by atoms with Crippen LogP contribution in [0.1, 0.15) is 23.6 Å². The summed E-state index contributed by atoms with van der Waals surface area (Å²) in [7, 11) is 0. The number of alkyl halides is 2. The van der Waals surface area contributed by atoms with Crippen LogP contribution in [0.15, 0.2) is 48.5 Å². The van der Waals surface area contributed by atoms with Crippen molar-refractivity contribution in [3.63, 3.8) is 0 Å². The number of carbonyl (C=O) groups excluding carboxylic acids is 1. The molecular formula is C20H21F2NO3. The number of ether oxygens (including phenoxy) is 2. The van der Waals surface area contributed by atoms with Gasteiger partial charge in [0.25, 0.3) is 0 Å². The van der Waals surface area contributed by atoms with Crippen LogP contribution in [0.4, 0.5) is 8.78 Å². The lowest BCUT2D eigenvalue weighted by molar-refractivity contribution is -0.116. The average molecular weight is 361 g/mol. The molecule has 0 bridgehead atoms. The van der Waals surface area contributed by atoms with E-state index in [1.807, 2.05) is 31.2 Å². The molecule has 4 nitrogen and oxygen atoms in total. The van der Waals surface area contributed by atoms with E-state index in [1.54, 1.807) is 25.1 Å². The molecule has 0 heterocycles. The first-order valence-electron chi connectivity index (χ1n) is 8.21. The van der Waals surface area contributed by atoms with Crippen molar-refractivity contribution in [3.8, 4) is 11.5 Å². The molecule has 0 aromatic heterocycles. The molecule has 0 fully saturated rings. The quantitative estimate of drug-likeness (QED) is 0.712. The molecule has 0 atom stereocenters. The third kappa shape index (κ3) is 5.88. The van der Waals surface area contributed by atoms with Crippen LogP contribution in [0.25, 0.3) is 6.08 Å². The molecule has 2 aromatic carbocycles. The summed E-state index contributed by atoms with van der Waals surface area (Å²) in [5.41, 5.74) is 2.79. The number of rotatable bonds is 8. The molecule has 6 heteroatoms. The number of benzene rings is 2. The van der Waals surface area contributed by atoms with Crippen molar-refractivity contribution in [2.45, 2.75) is 27.0 Å². The van der Waals surface area contributed by atoms with Crippen LogP contribution in [0.2, 0.25) is 0 Å². The molecule has 0 saturated carbocycles. The van der Waals surface area contributed by atoms with Gasteiger partial charge in [-0.1, -0.05) is 30.3 Å². The normalized spacial score (nSPS) is 11.0. The minimum absolute atomic E-state index is 0.0389. The third-order valence-electron chi connectivity index (χ3n) is 3.63. The van der Waals surface area contributed by atoms with Crippen molar-refractivity contribution in [1.82, 2.24) is 5.32 Å². The van der Waals surface area contributed by atoms with Gasteiger partial charge >= 0.3 is 6.61 Å². The zero-order valence-corrected chi connectivity index (χ0v) is 14.7. The molecule has 0 aliphatic heterocycles. The summed E-state index contributed by atoms with van der Waals surface area (Å²) in [5.74, 6) is -0.0857. The lowest BCUT2D eigenvalue weighted by Gasteiger charge is -2.11. The Labute approximate surface area is 151 Å². The van der Waals surface area contributed by atoms with Crippen LogP contribution >= 0.6 is 0 Å². The molecule has 2 aromatic rings. The highest BCUT2D eigenvalue weighted by Crippen LogP contribution is 2.30. The molecule has 2 rings (SSSR count). The fourth-order valence-corrected chi connectivity index (χ4v) is 2.31. The van der Waals surface area contributed by atoms with Crippen LogP contribution in [-0.2, 0) is 11.3 Å². The maximum absolute atomic E-state index is 12.4. The Hall–Kier alpha value is -2.89. The summed E-state index contributed by atoms with van der Waals surface area (Å²) < 4.78 is 34.5. The Morgan fingerprint density at radius 1 is 1.19 bits per heavy atom. The molecule has 0 saturated heterocycles. The summed E-state index contributed by atoms with van der Waals surface area (Å²) in [5, 5.41) is 2.81. The first-order chi connectivity index (χ1) is 12.5. The maximum Gasteiger partial charge on any atom is 0.387 e. The number of hydrogen-bond acceptors (Lipinski definition) is 3. The zero-order chi connectivity index (χ0) is 18.9. The van der Waals surface area contributed by atoms with Crippen LogP contribution in [0.5, 0.6) is 11.5 Å². The van der Waals surface area contributed by atoms with Crippen LogP contribution in [-0.4, -0.2) is 19.1 Å². The minimum atomic E-state index is -2.93. The maximum atomic E-state index is 12.4. The van der Waals surface area contributed by atoms with Gasteiger partial charge in [-0.15, -0.1) is 0 Å². The van der Waals surface area contributed by atoms with Crippen molar-refractivity contribution < 1.29 is 23.0 Å². The summed E-state index contributed by atoms with van der Waals surface area (Å²) in [6.45, 7) is 1.54. The first-order valence-corrected chi connectivity index (χ1v) is 8.21. The van der Waals surface area contributed by atoms with Crippen molar-refractivity contribution in [3.05, 3.63) is 65.2 Å². The topological polar surface area (TPSA) is 47.6 Å². The van der Waals surface area contributed by atoms with E-state index in [9.17, 15) is 13.6 Å². The van der Waals surface area contributed by atoms with E-state index < -0.39 is 6.61 Å². The van der Waals surface area contributed by atoms with Gasteiger partial charge < -0.3 is 14.8 Å².